The van der Waals surface area contributed by atoms with Crippen LogP contribution in [-0.4, -0.2) is 50.3 Å². The van der Waals surface area contributed by atoms with Crippen molar-refractivity contribution < 1.29 is 18.0 Å². The standard InChI is InChI=1S/C24H27F3N8O/c1-14(2)19-22(36)35-9-4-5-17-20(35)21(33(19)3)31-23(30-17)29-12-15-6-7-16(28-11-15)13-34-10-8-18(32-34)24(25,26)27/h6-8,10-11,14,19H,4-5,9,12-13H2,1-3H3,(H,29,30,31). The van der Waals surface area contributed by atoms with Crippen LogP contribution in [0.1, 0.15) is 42.9 Å². The Morgan fingerprint density at radius 1 is 1.19 bits per heavy atom. The summed E-state index contributed by atoms with van der Waals surface area (Å²) in [6.45, 7) is 5.31. The van der Waals surface area contributed by atoms with E-state index in [1.165, 1.54) is 10.9 Å². The number of rotatable bonds is 6. The van der Waals surface area contributed by atoms with Gasteiger partial charge in [0, 0.05) is 32.5 Å². The highest BCUT2D eigenvalue weighted by atomic mass is 19.4. The summed E-state index contributed by atoms with van der Waals surface area (Å²) in [5, 5.41) is 6.81. The number of hydrogen-bond donors (Lipinski definition) is 1. The van der Waals surface area contributed by atoms with Crippen LogP contribution in [0.2, 0.25) is 0 Å². The highest BCUT2D eigenvalue weighted by molar-refractivity contribution is 6.05. The Kier molecular flexibility index (Phi) is 6.05. The molecule has 3 aromatic heterocycles. The molecule has 1 N–H and O–H groups in total. The molecule has 1 atom stereocenters. The van der Waals surface area contributed by atoms with E-state index in [0.717, 1.165) is 41.7 Å². The second kappa shape index (κ2) is 9.07. The normalized spacial score (nSPS) is 17.5. The van der Waals surface area contributed by atoms with Crippen LogP contribution in [0.15, 0.2) is 30.6 Å². The number of carbonyl (C=O) groups excluding carboxylic acids is 1. The molecule has 0 saturated carbocycles. The first-order valence-electron chi connectivity index (χ1n) is 11.9. The van der Waals surface area contributed by atoms with Gasteiger partial charge in [-0.2, -0.15) is 23.3 Å². The zero-order chi connectivity index (χ0) is 25.6. The molecule has 0 spiro atoms. The summed E-state index contributed by atoms with van der Waals surface area (Å²) in [6, 6.07) is 4.28. The largest absolute Gasteiger partial charge is 0.435 e. The third-order valence-electron chi connectivity index (χ3n) is 6.50. The molecule has 12 heteroatoms. The molecule has 0 aliphatic carbocycles. The second-order valence-electron chi connectivity index (χ2n) is 9.47. The molecule has 190 valence electrons. The maximum atomic E-state index is 13.1. The van der Waals surface area contributed by atoms with Gasteiger partial charge in [-0.15, -0.1) is 0 Å². The molecular formula is C24H27F3N8O. The fraction of sp³-hybridized carbons (Fsp3) is 0.458. The van der Waals surface area contributed by atoms with Crippen LogP contribution in [0.5, 0.6) is 0 Å². The molecule has 0 bridgehead atoms. The number of aromatic nitrogens is 5. The Morgan fingerprint density at radius 2 is 2.00 bits per heavy atom. The van der Waals surface area contributed by atoms with Gasteiger partial charge in [0.05, 0.1) is 17.9 Å². The number of aryl methyl sites for hydroxylation is 1. The minimum atomic E-state index is -4.47. The fourth-order valence-electron chi connectivity index (χ4n) is 4.79. The lowest BCUT2D eigenvalue weighted by Crippen LogP contribution is -2.56. The number of nitrogens with zero attached hydrogens (tertiary/aromatic N) is 7. The number of pyridine rings is 1. The van der Waals surface area contributed by atoms with E-state index in [4.69, 9.17) is 4.98 Å². The number of alkyl halides is 3. The Balaban J connectivity index is 1.30. The summed E-state index contributed by atoms with van der Waals surface area (Å²) >= 11 is 0. The fourth-order valence-corrected chi connectivity index (χ4v) is 4.79. The molecule has 0 saturated heterocycles. The average Bonchev–Trinajstić information content (AvgIpc) is 3.31. The molecule has 0 radical (unpaired) electrons. The molecule has 3 aromatic rings. The lowest BCUT2D eigenvalue weighted by Gasteiger charge is -2.44. The van der Waals surface area contributed by atoms with Gasteiger partial charge in [0.2, 0.25) is 11.9 Å². The first-order valence-corrected chi connectivity index (χ1v) is 11.9. The number of anilines is 3. The van der Waals surface area contributed by atoms with Crippen molar-refractivity contribution in [3.05, 3.63) is 53.2 Å². The van der Waals surface area contributed by atoms with Crippen molar-refractivity contribution in [2.45, 2.75) is 52.0 Å². The van der Waals surface area contributed by atoms with E-state index < -0.39 is 11.9 Å². The smallest absolute Gasteiger partial charge is 0.350 e. The van der Waals surface area contributed by atoms with Crippen LogP contribution < -0.4 is 15.1 Å². The van der Waals surface area contributed by atoms with Gasteiger partial charge in [-0.3, -0.25) is 14.5 Å². The zero-order valence-corrected chi connectivity index (χ0v) is 20.2. The SMILES string of the molecule is CC(C)C1C(=O)N2CCCc3nc(NCc4ccc(Cn5ccc(C(F)(F)F)n5)nc4)nc(c32)N1C. The van der Waals surface area contributed by atoms with Crippen LogP contribution in [0.4, 0.5) is 30.6 Å². The van der Waals surface area contributed by atoms with Crippen LogP contribution in [0, 0.1) is 5.92 Å². The molecule has 0 aromatic carbocycles. The maximum absolute atomic E-state index is 13.1. The number of halogens is 3. The van der Waals surface area contributed by atoms with Gasteiger partial charge in [-0.05, 0) is 36.5 Å². The van der Waals surface area contributed by atoms with E-state index in [2.05, 4.69) is 20.4 Å². The van der Waals surface area contributed by atoms with E-state index in [1.54, 1.807) is 12.3 Å². The predicted octanol–water partition coefficient (Wildman–Crippen LogP) is 3.50. The molecule has 36 heavy (non-hydrogen) atoms. The molecule has 2 aliphatic rings. The summed E-state index contributed by atoms with van der Waals surface area (Å²) in [7, 11) is 1.90. The Bertz CT molecular complexity index is 1270. The molecule has 5 heterocycles. The molecule has 1 unspecified atom stereocenters. The lowest BCUT2D eigenvalue weighted by atomic mass is 9.95. The average molecular weight is 501 g/mol. The van der Waals surface area contributed by atoms with Gasteiger partial charge in [-0.25, -0.2) is 4.98 Å². The van der Waals surface area contributed by atoms with Crippen LogP contribution >= 0.6 is 0 Å². The van der Waals surface area contributed by atoms with Gasteiger partial charge >= 0.3 is 6.18 Å². The summed E-state index contributed by atoms with van der Waals surface area (Å²) in [4.78, 5) is 30.7. The van der Waals surface area contributed by atoms with Gasteiger partial charge in [0.1, 0.15) is 11.7 Å². The summed E-state index contributed by atoms with van der Waals surface area (Å²) in [6.07, 6.45) is 0.123. The Labute approximate surface area is 206 Å². The maximum Gasteiger partial charge on any atom is 0.435 e. The van der Waals surface area contributed by atoms with Crippen molar-refractivity contribution in [1.82, 2.24) is 24.7 Å². The Morgan fingerprint density at radius 3 is 2.67 bits per heavy atom. The number of amides is 1. The van der Waals surface area contributed by atoms with Gasteiger partial charge in [0.15, 0.2) is 11.5 Å². The van der Waals surface area contributed by atoms with E-state index >= 15 is 0 Å². The van der Waals surface area contributed by atoms with E-state index in [0.29, 0.717) is 24.7 Å². The second-order valence-corrected chi connectivity index (χ2v) is 9.47. The first kappa shape index (κ1) is 24.0. The van der Waals surface area contributed by atoms with Crippen molar-refractivity contribution in [2.24, 2.45) is 5.92 Å². The molecule has 0 fully saturated rings. The third kappa shape index (κ3) is 4.47. The predicted molar refractivity (Wildman–Crippen MR) is 128 cm³/mol. The third-order valence-corrected chi connectivity index (χ3v) is 6.50. The summed E-state index contributed by atoms with van der Waals surface area (Å²) in [5.41, 5.74) is 2.22. The van der Waals surface area contributed by atoms with Crippen molar-refractivity contribution >= 4 is 23.4 Å². The monoisotopic (exact) mass is 500 g/mol. The van der Waals surface area contributed by atoms with E-state index in [1.807, 2.05) is 36.8 Å². The lowest BCUT2D eigenvalue weighted by molar-refractivity contribution is -0.141. The van der Waals surface area contributed by atoms with Crippen molar-refractivity contribution in [2.75, 3.05) is 28.7 Å². The topological polar surface area (TPSA) is 92.1 Å². The molecule has 2 aliphatic heterocycles. The molecule has 5 rings (SSSR count). The van der Waals surface area contributed by atoms with Gasteiger partial charge in [-0.1, -0.05) is 19.9 Å². The quantitative estimate of drug-likeness (QED) is 0.554. The van der Waals surface area contributed by atoms with E-state index in [9.17, 15) is 18.0 Å². The summed E-state index contributed by atoms with van der Waals surface area (Å²) < 4.78 is 39.4. The number of likely N-dealkylation sites (N-methyl/N-ethyl adjacent to an activating group) is 1. The molecular weight excluding hydrogens is 473 g/mol. The minimum Gasteiger partial charge on any atom is -0.350 e. The van der Waals surface area contributed by atoms with Crippen molar-refractivity contribution in [3.8, 4) is 0 Å². The van der Waals surface area contributed by atoms with E-state index in [-0.39, 0.29) is 24.4 Å². The number of nitrogens with one attached hydrogen (secondary N) is 1. The van der Waals surface area contributed by atoms with Crippen LogP contribution in [0.3, 0.4) is 0 Å². The first-order chi connectivity index (χ1) is 17.1. The van der Waals surface area contributed by atoms with Crippen LogP contribution in [0.25, 0.3) is 0 Å². The van der Waals surface area contributed by atoms with Crippen LogP contribution in [-0.2, 0) is 30.5 Å². The highest BCUT2D eigenvalue weighted by Crippen LogP contribution is 2.41. The van der Waals surface area contributed by atoms with Gasteiger partial charge in [0.25, 0.3) is 0 Å². The van der Waals surface area contributed by atoms with Crippen molar-refractivity contribution in [3.63, 3.8) is 0 Å². The number of carbonyl (C=O) groups is 1. The Hall–Kier alpha value is -3.70. The van der Waals surface area contributed by atoms with Crippen molar-refractivity contribution in [1.29, 1.82) is 0 Å². The zero-order valence-electron chi connectivity index (χ0n) is 20.2. The minimum absolute atomic E-state index is 0.0983. The van der Waals surface area contributed by atoms with Gasteiger partial charge < -0.3 is 15.1 Å². The molecule has 9 nitrogen and oxygen atoms in total. The summed E-state index contributed by atoms with van der Waals surface area (Å²) in [5.74, 6) is 1.47. The molecule has 1 amide bonds. The number of hydrogen-bond acceptors (Lipinski definition) is 7. The highest BCUT2D eigenvalue weighted by Gasteiger charge is 2.42.